The van der Waals surface area contributed by atoms with Gasteiger partial charge < -0.3 is 10.1 Å². The highest BCUT2D eigenvalue weighted by molar-refractivity contribution is 6.43. The Morgan fingerprint density at radius 1 is 1.00 bits per heavy atom. The maximum absolute atomic E-state index is 14.1. The molecule has 2 aromatic carbocycles. The normalized spacial score (nSPS) is 12.3. The van der Waals surface area contributed by atoms with Gasteiger partial charge in [0.1, 0.15) is 5.75 Å². The molecule has 0 radical (unpaired) electrons. The van der Waals surface area contributed by atoms with E-state index in [9.17, 15) is 4.39 Å². The van der Waals surface area contributed by atoms with E-state index in [1.54, 1.807) is 12.1 Å². The third-order valence-electron chi connectivity index (χ3n) is 3.08. The van der Waals surface area contributed by atoms with Crippen LogP contribution in [-0.2, 0) is 0 Å². The summed E-state index contributed by atoms with van der Waals surface area (Å²) in [6.07, 6.45) is 0. The number of benzene rings is 2. The van der Waals surface area contributed by atoms with Gasteiger partial charge in [-0.1, -0.05) is 40.9 Å². The average Bonchev–Trinajstić information content (AvgIpc) is 2.45. The van der Waals surface area contributed by atoms with Gasteiger partial charge in [0.2, 0.25) is 0 Å². The van der Waals surface area contributed by atoms with Crippen molar-refractivity contribution in [2.24, 2.45) is 0 Å². The van der Waals surface area contributed by atoms with Crippen LogP contribution >= 0.6 is 34.8 Å². The number of hydrogen-bond acceptors (Lipinski definition) is 2. The highest BCUT2D eigenvalue weighted by atomic mass is 35.5. The van der Waals surface area contributed by atoms with E-state index < -0.39 is 5.82 Å². The van der Waals surface area contributed by atoms with Gasteiger partial charge in [-0.15, -0.1) is 0 Å². The molecule has 2 nitrogen and oxygen atoms in total. The van der Waals surface area contributed by atoms with Crippen LogP contribution in [0.4, 0.5) is 4.39 Å². The second-order valence-corrected chi connectivity index (χ2v) is 5.72. The molecule has 21 heavy (non-hydrogen) atoms. The second kappa shape index (κ2) is 6.84. The van der Waals surface area contributed by atoms with Crippen molar-refractivity contribution >= 4 is 34.8 Å². The summed E-state index contributed by atoms with van der Waals surface area (Å²) in [5.41, 5.74) is 0.822. The molecule has 0 saturated carbocycles. The zero-order chi connectivity index (χ0) is 15.6. The van der Waals surface area contributed by atoms with Gasteiger partial charge in [0, 0.05) is 12.1 Å². The fourth-order valence-corrected chi connectivity index (χ4v) is 2.31. The molecule has 0 saturated heterocycles. The van der Waals surface area contributed by atoms with Crippen molar-refractivity contribution in [3.8, 4) is 11.5 Å². The third kappa shape index (κ3) is 3.80. The minimum absolute atomic E-state index is 0.0436. The van der Waals surface area contributed by atoms with Gasteiger partial charge in [0.25, 0.3) is 0 Å². The van der Waals surface area contributed by atoms with E-state index in [0.29, 0.717) is 5.02 Å². The molecular weight excluding hydrogens is 336 g/mol. The van der Waals surface area contributed by atoms with Crippen molar-refractivity contribution < 1.29 is 9.13 Å². The Morgan fingerprint density at radius 2 is 1.67 bits per heavy atom. The average molecular weight is 349 g/mol. The summed E-state index contributed by atoms with van der Waals surface area (Å²) < 4.78 is 19.6. The summed E-state index contributed by atoms with van der Waals surface area (Å²) in [6.45, 7) is 1.94. The molecule has 0 aliphatic heterocycles. The molecule has 1 unspecified atom stereocenters. The fraction of sp³-hybridized carbons (Fsp3) is 0.200. The molecule has 0 aliphatic carbocycles. The Bertz CT molecular complexity index is 664. The predicted molar refractivity (Wildman–Crippen MR) is 85.4 cm³/mol. The van der Waals surface area contributed by atoms with Crippen LogP contribution in [0.2, 0.25) is 15.1 Å². The molecule has 2 aromatic rings. The molecule has 112 valence electrons. The Labute approximate surface area is 137 Å². The third-order valence-corrected chi connectivity index (χ3v) is 4.10. The van der Waals surface area contributed by atoms with Gasteiger partial charge >= 0.3 is 0 Å². The topological polar surface area (TPSA) is 21.3 Å². The summed E-state index contributed by atoms with van der Waals surface area (Å²) in [6, 6.07) is 7.71. The molecule has 0 bridgehead atoms. The van der Waals surface area contributed by atoms with Crippen molar-refractivity contribution in [1.82, 2.24) is 5.32 Å². The van der Waals surface area contributed by atoms with Gasteiger partial charge in [-0.2, -0.15) is 0 Å². The van der Waals surface area contributed by atoms with E-state index in [1.165, 1.54) is 18.2 Å². The number of ether oxygens (including phenoxy) is 1. The van der Waals surface area contributed by atoms with E-state index in [-0.39, 0.29) is 27.6 Å². The number of hydrogen-bond donors (Lipinski definition) is 1. The largest absolute Gasteiger partial charge is 0.453 e. The minimum Gasteiger partial charge on any atom is -0.453 e. The standard InChI is InChI=1S/C15H13Cl3FNO/c1-8(20-2)9-3-4-14(13(19)5-9)21-15-7-11(17)10(16)6-12(15)18/h3-8,20H,1-2H3. The lowest BCUT2D eigenvalue weighted by molar-refractivity contribution is 0.441. The Morgan fingerprint density at radius 3 is 2.29 bits per heavy atom. The maximum atomic E-state index is 14.1. The van der Waals surface area contributed by atoms with Crippen LogP contribution < -0.4 is 10.1 Å². The second-order valence-electron chi connectivity index (χ2n) is 4.50. The molecule has 0 aromatic heterocycles. The van der Waals surface area contributed by atoms with Crippen LogP contribution in [0, 0.1) is 5.82 Å². The van der Waals surface area contributed by atoms with Gasteiger partial charge in [-0.25, -0.2) is 4.39 Å². The first-order valence-electron chi connectivity index (χ1n) is 6.21. The molecular formula is C15H13Cl3FNO. The zero-order valence-electron chi connectivity index (χ0n) is 11.4. The fourth-order valence-electron chi connectivity index (χ4n) is 1.74. The van der Waals surface area contributed by atoms with E-state index in [2.05, 4.69) is 5.32 Å². The van der Waals surface area contributed by atoms with Crippen LogP contribution in [0.5, 0.6) is 11.5 Å². The van der Waals surface area contributed by atoms with Crippen molar-refractivity contribution in [1.29, 1.82) is 0 Å². The summed E-state index contributed by atoms with van der Waals surface area (Å²) in [4.78, 5) is 0. The zero-order valence-corrected chi connectivity index (χ0v) is 13.7. The molecule has 0 fully saturated rings. The van der Waals surface area contributed by atoms with Crippen molar-refractivity contribution in [3.05, 3.63) is 56.8 Å². The SMILES string of the molecule is CNC(C)c1ccc(Oc2cc(Cl)c(Cl)cc2Cl)c(F)c1. The van der Waals surface area contributed by atoms with Crippen molar-refractivity contribution in [2.45, 2.75) is 13.0 Å². The Kier molecular flexibility index (Phi) is 5.33. The summed E-state index contributed by atoms with van der Waals surface area (Å²) in [7, 11) is 1.81. The highest BCUT2D eigenvalue weighted by Crippen LogP contribution is 2.37. The lowest BCUT2D eigenvalue weighted by Crippen LogP contribution is -2.12. The molecule has 6 heteroatoms. The summed E-state index contributed by atoms with van der Waals surface area (Å²) in [5, 5.41) is 3.90. The van der Waals surface area contributed by atoms with Crippen LogP contribution in [0.25, 0.3) is 0 Å². The number of rotatable bonds is 4. The summed E-state index contributed by atoms with van der Waals surface area (Å²) in [5.74, 6) is -0.154. The molecule has 0 heterocycles. The molecule has 1 atom stereocenters. The van der Waals surface area contributed by atoms with Crippen LogP contribution in [-0.4, -0.2) is 7.05 Å². The van der Waals surface area contributed by atoms with Crippen LogP contribution in [0.15, 0.2) is 30.3 Å². The number of nitrogens with one attached hydrogen (secondary N) is 1. The maximum Gasteiger partial charge on any atom is 0.166 e. The molecule has 0 amide bonds. The van der Waals surface area contributed by atoms with E-state index in [4.69, 9.17) is 39.5 Å². The molecule has 0 aliphatic rings. The first kappa shape index (κ1) is 16.4. The molecule has 0 spiro atoms. The monoisotopic (exact) mass is 347 g/mol. The van der Waals surface area contributed by atoms with Gasteiger partial charge in [0.05, 0.1) is 15.1 Å². The number of halogens is 4. The van der Waals surface area contributed by atoms with Gasteiger partial charge in [-0.3, -0.25) is 0 Å². The minimum atomic E-state index is -0.475. The van der Waals surface area contributed by atoms with Gasteiger partial charge in [0.15, 0.2) is 11.6 Å². The summed E-state index contributed by atoms with van der Waals surface area (Å²) >= 11 is 17.8. The van der Waals surface area contributed by atoms with Crippen molar-refractivity contribution in [2.75, 3.05) is 7.05 Å². The Balaban J connectivity index is 2.30. The smallest absolute Gasteiger partial charge is 0.166 e. The lowest BCUT2D eigenvalue weighted by atomic mass is 10.1. The van der Waals surface area contributed by atoms with Crippen LogP contribution in [0.1, 0.15) is 18.5 Å². The first-order chi connectivity index (χ1) is 9.92. The quantitative estimate of drug-likeness (QED) is 0.699. The van der Waals surface area contributed by atoms with E-state index in [0.717, 1.165) is 5.56 Å². The lowest BCUT2D eigenvalue weighted by Gasteiger charge is -2.13. The Hall–Kier alpha value is -1.000. The van der Waals surface area contributed by atoms with Gasteiger partial charge in [-0.05, 0) is 37.7 Å². The molecule has 2 rings (SSSR count). The highest BCUT2D eigenvalue weighted by Gasteiger charge is 2.12. The van der Waals surface area contributed by atoms with E-state index in [1.807, 2.05) is 14.0 Å². The van der Waals surface area contributed by atoms with Crippen LogP contribution in [0.3, 0.4) is 0 Å². The molecule has 1 N–H and O–H groups in total. The predicted octanol–water partition coefficient (Wildman–Crippen LogP) is 5.86. The van der Waals surface area contributed by atoms with Crippen molar-refractivity contribution in [3.63, 3.8) is 0 Å². The van der Waals surface area contributed by atoms with E-state index >= 15 is 0 Å². The first-order valence-corrected chi connectivity index (χ1v) is 7.35.